The van der Waals surface area contributed by atoms with E-state index in [1.54, 1.807) is 0 Å². The summed E-state index contributed by atoms with van der Waals surface area (Å²) in [4.78, 5) is 4.22. The van der Waals surface area contributed by atoms with Crippen LogP contribution in [0.2, 0.25) is 0 Å². The summed E-state index contributed by atoms with van der Waals surface area (Å²) in [6, 6.07) is 5.38. The Labute approximate surface area is 165 Å². The molecule has 2 N–H and O–H groups in total. The van der Waals surface area contributed by atoms with Crippen molar-refractivity contribution in [2.45, 2.75) is 45.1 Å². The molecule has 2 aromatic rings. The molecule has 0 saturated heterocycles. The van der Waals surface area contributed by atoms with Crippen LogP contribution in [-0.4, -0.2) is 38.4 Å². The molecular formula is C19H27FN4O3S. The highest BCUT2D eigenvalue weighted by molar-refractivity contribution is 7.91. The monoisotopic (exact) mass is 410 g/mol. The van der Waals surface area contributed by atoms with Crippen molar-refractivity contribution < 1.29 is 17.3 Å². The van der Waals surface area contributed by atoms with Crippen molar-refractivity contribution in [3.63, 3.8) is 0 Å². The second-order valence-electron chi connectivity index (χ2n) is 6.11. The zero-order valence-corrected chi connectivity index (χ0v) is 17.3. The van der Waals surface area contributed by atoms with Gasteiger partial charge in [-0.05, 0) is 25.5 Å². The maximum Gasteiger partial charge on any atom is 0.191 e. The minimum Gasteiger partial charge on any atom is -0.361 e. The van der Waals surface area contributed by atoms with Crippen molar-refractivity contribution >= 4 is 15.8 Å². The van der Waals surface area contributed by atoms with E-state index >= 15 is 0 Å². The van der Waals surface area contributed by atoms with Crippen molar-refractivity contribution in [3.8, 4) is 0 Å². The first kappa shape index (κ1) is 21.9. The van der Waals surface area contributed by atoms with Gasteiger partial charge in [0.05, 0.1) is 18.0 Å². The third kappa shape index (κ3) is 5.54. The van der Waals surface area contributed by atoms with E-state index in [0.29, 0.717) is 19.0 Å². The van der Waals surface area contributed by atoms with Gasteiger partial charge in [0.25, 0.3) is 0 Å². The van der Waals surface area contributed by atoms with Crippen LogP contribution in [0.4, 0.5) is 4.39 Å². The fourth-order valence-electron chi connectivity index (χ4n) is 2.73. The molecule has 2 rings (SSSR count). The average Bonchev–Trinajstić information content (AvgIpc) is 3.08. The second kappa shape index (κ2) is 10.2. The third-order valence-corrected chi connectivity index (χ3v) is 5.92. The maximum absolute atomic E-state index is 13.8. The molecule has 1 aromatic carbocycles. The molecule has 154 valence electrons. The van der Waals surface area contributed by atoms with Gasteiger partial charge in [-0.25, -0.2) is 17.8 Å². The highest BCUT2D eigenvalue weighted by Crippen LogP contribution is 2.17. The minimum atomic E-state index is -3.73. The van der Waals surface area contributed by atoms with Crippen LogP contribution in [0, 0.1) is 5.82 Å². The van der Waals surface area contributed by atoms with E-state index in [0.717, 1.165) is 35.9 Å². The predicted octanol–water partition coefficient (Wildman–Crippen LogP) is 2.47. The Morgan fingerprint density at radius 1 is 1.18 bits per heavy atom. The van der Waals surface area contributed by atoms with E-state index in [1.165, 1.54) is 18.2 Å². The summed E-state index contributed by atoms with van der Waals surface area (Å²) in [6.45, 7) is 7.02. The normalized spacial score (nSPS) is 12.2. The van der Waals surface area contributed by atoms with Gasteiger partial charge in [-0.15, -0.1) is 0 Å². The summed E-state index contributed by atoms with van der Waals surface area (Å²) in [5, 5.41) is 10.1. The van der Waals surface area contributed by atoms with Gasteiger partial charge in [0.15, 0.2) is 15.8 Å². The fraction of sp³-hybridized carbons (Fsp3) is 0.474. The van der Waals surface area contributed by atoms with Crippen molar-refractivity contribution in [3.05, 3.63) is 47.1 Å². The number of aliphatic imine (C=N–C) groups is 1. The number of aryl methyl sites for hydroxylation is 2. The van der Waals surface area contributed by atoms with Crippen LogP contribution in [0.5, 0.6) is 0 Å². The van der Waals surface area contributed by atoms with Crippen molar-refractivity contribution in [2.24, 2.45) is 4.99 Å². The van der Waals surface area contributed by atoms with Gasteiger partial charge >= 0.3 is 0 Å². The van der Waals surface area contributed by atoms with Gasteiger partial charge in [0.2, 0.25) is 0 Å². The second-order valence-corrected chi connectivity index (χ2v) is 8.19. The molecule has 0 aliphatic heterocycles. The highest BCUT2D eigenvalue weighted by atomic mass is 32.2. The molecule has 0 aliphatic rings. The zero-order chi connectivity index (χ0) is 20.6. The van der Waals surface area contributed by atoms with E-state index < -0.39 is 15.7 Å². The smallest absolute Gasteiger partial charge is 0.191 e. The molecule has 1 aromatic heterocycles. The van der Waals surface area contributed by atoms with Crippen LogP contribution in [0.15, 0.2) is 38.7 Å². The van der Waals surface area contributed by atoms with Crippen LogP contribution in [0.3, 0.4) is 0 Å². The van der Waals surface area contributed by atoms with Gasteiger partial charge in [0.1, 0.15) is 16.5 Å². The van der Waals surface area contributed by atoms with Gasteiger partial charge < -0.3 is 15.2 Å². The molecule has 0 saturated carbocycles. The molecule has 9 heteroatoms. The number of rotatable bonds is 9. The molecule has 0 amide bonds. The summed E-state index contributed by atoms with van der Waals surface area (Å²) in [7, 11) is -3.73. The molecule has 0 bridgehead atoms. The Balaban J connectivity index is 2.04. The van der Waals surface area contributed by atoms with Crippen LogP contribution in [0.25, 0.3) is 0 Å². The summed E-state index contributed by atoms with van der Waals surface area (Å²) in [5.74, 6) is 0.302. The Morgan fingerprint density at radius 2 is 1.93 bits per heavy atom. The van der Waals surface area contributed by atoms with E-state index in [-0.39, 0.29) is 17.2 Å². The van der Waals surface area contributed by atoms with E-state index in [2.05, 4.69) is 20.8 Å². The number of sulfone groups is 1. The zero-order valence-electron chi connectivity index (χ0n) is 16.5. The number of hydrogen-bond donors (Lipinski definition) is 2. The first-order valence-electron chi connectivity index (χ1n) is 9.38. The minimum absolute atomic E-state index is 0.105. The number of nitrogens with zero attached hydrogens (tertiary/aromatic N) is 2. The van der Waals surface area contributed by atoms with E-state index in [1.807, 2.05) is 20.8 Å². The molecule has 0 unspecified atom stereocenters. The third-order valence-electron chi connectivity index (χ3n) is 4.18. The number of aromatic nitrogens is 1. The van der Waals surface area contributed by atoms with Crippen LogP contribution < -0.4 is 10.6 Å². The van der Waals surface area contributed by atoms with Gasteiger partial charge in [-0.3, -0.25) is 0 Å². The summed E-state index contributed by atoms with van der Waals surface area (Å²) < 4.78 is 43.8. The van der Waals surface area contributed by atoms with Crippen LogP contribution in [0.1, 0.15) is 37.8 Å². The molecule has 0 fully saturated rings. The lowest BCUT2D eigenvalue weighted by atomic mass is 10.1. The number of hydrogen-bond acceptors (Lipinski definition) is 5. The van der Waals surface area contributed by atoms with E-state index in [4.69, 9.17) is 4.52 Å². The molecule has 0 atom stereocenters. The first-order valence-corrected chi connectivity index (χ1v) is 11.0. The molecule has 7 nitrogen and oxygen atoms in total. The van der Waals surface area contributed by atoms with Crippen molar-refractivity contribution in [2.75, 3.05) is 18.8 Å². The average molecular weight is 411 g/mol. The molecule has 28 heavy (non-hydrogen) atoms. The fourth-order valence-corrected chi connectivity index (χ4v) is 3.97. The number of benzene rings is 1. The SMILES string of the molecule is CCNC(=NCc1c(CC)noc1CC)NCCS(=O)(=O)c1ccccc1F. The van der Waals surface area contributed by atoms with Gasteiger partial charge in [-0.1, -0.05) is 31.1 Å². The van der Waals surface area contributed by atoms with Crippen LogP contribution in [-0.2, 0) is 29.2 Å². The van der Waals surface area contributed by atoms with Crippen molar-refractivity contribution in [1.29, 1.82) is 0 Å². The first-order chi connectivity index (χ1) is 13.4. The topological polar surface area (TPSA) is 96.6 Å². The lowest BCUT2D eigenvalue weighted by Crippen LogP contribution is -2.39. The maximum atomic E-state index is 13.8. The number of nitrogens with one attached hydrogen (secondary N) is 2. The lowest BCUT2D eigenvalue weighted by Gasteiger charge is -2.12. The predicted molar refractivity (Wildman–Crippen MR) is 107 cm³/mol. The Hall–Kier alpha value is -2.42. The lowest BCUT2D eigenvalue weighted by molar-refractivity contribution is 0.380. The summed E-state index contributed by atoms with van der Waals surface area (Å²) in [5.41, 5.74) is 1.83. The molecular weight excluding hydrogens is 383 g/mol. The van der Waals surface area contributed by atoms with Crippen molar-refractivity contribution in [1.82, 2.24) is 15.8 Å². The van der Waals surface area contributed by atoms with Gasteiger partial charge in [-0.2, -0.15) is 0 Å². The molecule has 0 spiro atoms. The molecule has 0 radical (unpaired) electrons. The van der Waals surface area contributed by atoms with Crippen LogP contribution >= 0.6 is 0 Å². The Morgan fingerprint density at radius 3 is 2.57 bits per heavy atom. The van der Waals surface area contributed by atoms with E-state index in [9.17, 15) is 12.8 Å². The quantitative estimate of drug-likeness (QED) is 0.487. The Kier molecular flexibility index (Phi) is 7.98. The number of guanidine groups is 1. The summed E-state index contributed by atoms with van der Waals surface area (Å²) in [6.07, 6.45) is 1.47. The molecule has 0 aliphatic carbocycles. The largest absolute Gasteiger partial charge is 0.361 e. The molecule has 1 heterocycles. The highest BCUT2D eigenvalue weighted by Gasteiger charge is 2.18. The number of halogens is 1. The summed E-state index contributed by atoms with van der Waals surface area (Å²) >= 11 is 0. The van der Waals surface area contributed by atoms with Gasteiger partial charge in [0, 0.05) is 25.1 Å². The standard InChI is InChI=1S/C19H27FN4O3S/c1-4-16-14(17(5-2)27-24-16)13-23-19(21-6-3)22-11-12-28(25,26)18-10-8-7-9-15(18)20/h7-10H,4-6,11-13H2,1-3H3,(H2,21,22,23). The Bertz CT molecular complexity index is 888.